The van der Waals surface area contributed by atoms with Gasteiger partial charge in [0.2, 0.25) is 5.82 Å². The van der Waals surface area contributed by atoms with Crippen LogP contribution in [0.3, 0.4) is 0 Å². The molecule has 0 aliphatic rings. The van der Waals surface area contributed by atoms with E-state index in [2.05, 4.69) is 37.5 Å². The van der Waals surface area contributed by atoms with Crippen molar-refractivity contribution >= 4 is 5.97 Å². The zero-order valence-corrected chi connectivity index (χ0v) is 17.8. The molecule has 1 atom stereocenters. The summed E-state index contributed by atoms with van der Waals surface area (Å²) in [6, 6.07) is 15.4. The molecule has 0 bridgehead atoms. The lowest BCUT2D eigenvalue weighted by Crippen LogP contribution is -2.42. The number of nitrogens with zero attached hydrogens (tertiary/aromatic N) is 5. The van der Waals surface area contributed by atoms with Gasteiger partial charge in [-0.15, -0.1) is 10.2 Å². The number of aliphatic carboxylic acids is 1. The molecule has 0 saturated heterocycles. The van der Waals surface area contributed by atoms with E-state index in [0.717, 1.165) is 34.4 Å². The fourth-order valence-corrected chi connectivity index (χ4v) is 3.84. The fraction of sp³-hybridized carbons (Fsp3) is 0.261. The predicted molar refractivity (Wildman–Crippen MR) is 119 cm³/mol. The summed E-state index contributed by atoms with van der Waals surface area (Å²) >= 11 is 0. The second-order valence-corrected chi connectivity index (χ2v) is 7.58. The van der Waals surface area contributed by atoms with Crippen molar-refractivity contribution in [2.75, 3.05) is 6.54 Å². The van der Waals surface area contributed by atoms with Gasteiger partial charge in [-0.1, -0.05) is 55.5 Å². The molecular weight excluding hydrogens is 406 g/mol. The molecule has 9 heteroatoms. The zero-order valence-electron chi connectivity index (χ0n) is 17.8. The number of aromatic nitrogens is 6. The summed E-state index contributed by atoms with van der Waals surface area (Å²) in [5.41, 5.74) is 4.80. The Hall–Kier alpha value is -3.85. The summed E-state index contributed by atoms with van der Waals surface area (Å²) in [6.45, 7) is 3.29. The van der Waals surface area contributed by atoms with Gasteiger partial charge in [-0.05, 0) is 34.9 Å². The standard InChI is InChI=1S/C23H25N7O2/c1-2-11-30(21(23(31)32)12-18-13-24-15-25-18)14-16-7-9-17(10-8-16)19-5-3-4-6-20(19)22-26-28-29-27-22/h3-10,13,15,21H,2,11-12,14H2,1H3,(H,24,25)(H,31,32)(H,26,27,28,29)/t21-/m0/s1. The molecule has 164 valence electrons. The molecule has 0 aliphatic carbocycles. The molecule has 2 aromatic heterocycles. The van der Waals surface area contributed by atoms with E-state index in [4.69, 9.17) is 0 Å². The maximum Gasteiger partial charge on any atom is 0.321 e. The third-order valence-electron chi connectivity index (χ3n) is 5.37. The van der Waals surface area contributed by atoms with Crippen LogP contribution < -0.4 is 0 Å². The van der Waals surface area contributed by atoms with E-state index in [-0.39, 0.29) is 0 Å². The van der Waals surface area contributed by atoms with Crippen molar-refractivity contribution in [3.05, 3.63) is 72.3 Å². The van der Waals surface area contributed by atoms with E-state index in [0.29, 0.717) is 25.3 Å². The lowest BCUT2D eigenvalue weighted by Gasteiger charge is -2.28. The van der Waals surface area contributed by atoms with E-state index in [1.807, 2.05) is 53.4 Å². The number of tetrazole rings is 1. The molecule has 0 fully saturated rings. The highest BCUT2D eigenvalue weighted by Crippen LogP contribution is 2.30. The number of hydrogen-bond donors (Lipinski definition) is 3. The van der Waals surface area contributed by atoms with Crippen LogP contribution in [0.25, 0.3) is 22.5 Å². The van der Waals surface area contributed by atoms with E-state index >= 15 is 0 Å². The Bertz CT molecular complexity index is 1130. The van der Waals surface area contributed by atoms with Gasteiger partial charge in [-0.25, -0.2) is 4.98 Å². The number of hydrogen-bond acceptors (Lipinski definition) is 6. The molecule has 0 amide bonds. The smallest absolute Gasteiger partial charge is 0.321 e. The fourth-order valence-electron chi connectivity index (χ4n) is 3.84. The predicted octanol–water partition coefficient (Wildman–Crippen LogP) is 3.16. The average Bonchev–Trinajstić information content (AvgIpc) is 3.52. The Kier molecular flexibility index (Phi) is 6.66. The van der Waals surface area contributed by atoms with Crippen LogP contribution in [0.1, 0.15) is 24.6 Å². The van der Waals surface area contributed by atoms with Crippen molar-refractivity contribution in [3.8, 4) is 22.5 Å². The van der Waals surface area contributed by atoms with Crippen LogP contribution in [0.5, 0.6) is 0 Å². The number of imidazole rings is 1. The minimum Gasteiger partial charge on any atom is -0.480 e. The lowest BCUT2D eigenvalue weighted by molar-refractivity contribution is -0.143. The lowest BCUT2D eigenvalue weighted by atomic mass is 9.98. The molecule has 9 nitrogen and oxygen atoms in total. The van der Waals surface area contributed by atoms with E-state index in [1.54, 1.807) is 12.5 Å². The summed E-state index contributed by atoms with van der Waals surface area (Å²) in [5, 5.41) is 24.2. The minimum atomic E-state index is -0.835. The summed E-state index contributed by atoms with van der Waals surface area (Å²) < 4.78 is 0. The van der Waals surface area contributed by atoms with Crippen LogP contribution in [0, 0.1) is 0 Å². The van der Waals surface area contributed by atoms with Crippen LogP contribution in [0.2, 0.25) is 0 Å². The molecule has 0 spiro atoms. The third-order valence-corrected chi connectivity index (χ3v) is 5.37. The number of benzene rings is 2. The molecule has 3 N–H and O–H groups in total. The summed E-state index contributed by atoms with van der Waals surface area (Å²) in [4.78, 5) is 21.0. The highest BCUT2D eigenvalue weighted by Gasteiger charge is 2.26. The monoisotopic (exact) mass is 431 g/mol. The first-order chi connectivity index (χ1) is 15.7. The SMILES string of the molecule is CCCN(Cc1ccc(-c2ccccc2-c2nn[nH]n2)cc1)[C@@H](Cc1cnc[nH]1)C(=O)O. The van der Waals surface area contributed by atoms with Gasteiger partial charge in [0.1, 0.15) is 6.04 Å². The summed E-state index contributed by atoms with van der Waals surface area (Å²) in [6.07, 6.45) is 4.49. The van der Waals surface area contributed by atoms with E-state index in [1.165, 1.54) is 0 Å². The number of aromatic amines is 2. The number of rotatable bonds is 10. The van der Waals surface area contributed by atoms with Gasteiger partial charge in [0.05, 0.1) is 6.33 Å². The van der Waals surface area contributed by atoms with E-state index < -0.39 is 12.0 Å². The van der Waals surface area contributed by atoms with Crippen molar-refractivity contribution in [2.24, 2.45) is 0 Å². The third kappa shape index (κ3) is 4.89. The van der Waals surface area contributed by atoms with Gasteiger partial charge < -0.3 is 10.1 Å². The van der Waals surface area contributed by atoms with Crippen molar-refractivity contribution in [2.45, 2.75) is 32.4 Å². The second kappa shape index (κ2) is 9.97. The molecule has 0 saturated carbocycles. The van der Waals surface area contributed by atoms with Gasteiger partial charge in [0.25, 0.3) is 0 Å². The highest BCUT2D eigenvalue weighted by molar-refractivity contribution is 5.80. The Labute approximate surface area is 185 Å². The van der Waals surface area contributed by atoms with Gasteiger partial charge in [-0.2, -0.15) is 5.21 Å². The topological polar surface area (TPSA) is 124 Å². The molecule has 4 rings (SSSR count). The Morgan fingerprint density at radius 3 is 2.53 bits per heavy atom. The Balaban J connectivity index is 1.55. The number of H-pyrrole nitrogens is 2. The van der Waals surface area contributed by atoms with Crippen LogP contribution in [0.4, 0.5) is 0 Å². The number of carbonyl (C=O) groups is 1. The maximum atomic E-state index is 12.0. The molecule has 0 radical (unpaired) electrons. The van der Waals surface area contributed by atoms with Gasteiger partial charge in [-0.3, -0.25) is 9.69 Å². The largest absolute Gasteiger partial charge is 0.480 e. The normalized spacial score (nSPS) is 12.2. The molecule has 2 aromatic carbocycles. The van der Waals surface area contributed by atoms with Crippen molar-refractivity contribution in [1.29, 1.82) is 0 Å². The minimum absolute atomic E-state index is 0.380. The zero-order chi connectivity index (χ0) is 22.3. The van der Waals surface area contributed by atoms with E-state index in [9.17, 15) is 9.90 Å². The van der Waals surface area contributed by atoms with Gasteiger partial charge in [0, 0.05) is 30.4 Å². The molecular formula is C23H25N7O2. The van der Waals surface area contributed by atoms with Crippen LogP contribution in [-0.4, -0.2) is 59.2 Å². The first-order valence-electron chi connectivity index (χ1n) is 10.5. The van der Waals surface area contributed by atoms with Crippen LogP contribution >= 0.6 is 0 Å². The molecule has 0 unspecified atom stereocenters. The Morgan fingerprint density at radius 1 is 1.12 bits per heavy atom. The highest BCUT2D eigenvalue weighted by atomic mass is 16.4. The first kappa shape index (κ1) is 21.4. The number of nitrogens with one attached hydrogen (secondary N) is 2. The molecule has 0 aliphatic heterocycles. The van der Waals surface area contributed by atoms with Crippen molar-refractivity contribution in [1.82, 2.24) is 35.5 Å². The summed E-state index contributed by atoms with van der Waals surface area (Å²) in [5.74, 6) is -0.291. The van der Waals surface area contributed by atoms with Gasteiger partial charge >= 0.3 is 5.97 Å². The second-order valence-electron chi connectivity index (χ2n) is 7.58. The number of carboxylic acids is 1. The van der Waals surface area contributed by atoms with Crippen molar-refractivity contribution < 1.29 is 9.90 Å². The van der Waals surface area contributed by atoms with Crippen LogP contribution in [-0.2, 0) is 17.8 Å². The first-order valence-corrected chi connectivity index (χ1v) is 10.5. The number of carboxylic acid groups (broad SMARTS) is 1. The maximum absolute atomic E-state index is 12.0. The average molecular weight is 432 g/mol. The molecule has 4 aromatic rings. The quantitative estimate of drug-likeness (QED) is 0.352. The summed E-state index contributed by atoms with van der Waals surface area (Å²) in [7, 11) is 0. The van der Waals surface area contributed by atoms with Crippen LogP contribution in [0.15, 0.2) is 61.1 Å². The Morgan fingerprint density at radius 2 is 1.91 bits per heavy atom. The van der Waals surface area contributed by atoms with Gasteiger partial charge in [0.15, 0.2) is 0 Å². The molecule has 32 heavy (non-hydrogen) atoms. The molecule has 2 heterocycles. The van der Waals surface area contributed by atoms with Crippen molar-refractivity contribution in [3.63, 3.8) is 0 Å².